The van der Waals surface area contributed by atoms with Gasteiger partial charge in [-0.2, -0.15) is 0 Å². The van der Waals surface area contributed by atoms with Gasteiger partial charge >= 0.3 is 0 Å². The van der Waals surface area contributed by atoms with E-state index in [0.717, 1.165) is 12.2 Å². The van der Waals surface area contributed by atoms with Crippen LogP contribution < -0.4 is 5.32 Å². The van der Waals surface area contributed by atoms with Crippen LogP contribution in [0.3, 0.4) is 0 Å². The number of thiocarbonyl (C=S) groups is 1. The van der Waals surface area contributed by atoms with E-state index in [2.05, 4.69) is 41.5 Å². The number of hydrogen-bond acceptors (Lipinski definition) is 1. The fraction of sp³-hybridized carbons (Fsp3) is 0.182. The van der Waals surface area contributed by atoms with Crippen LogP contribution in [-0.4, -0.2) is 10.5 Å². The Labute approximate surface area is 88.3 Å². The molecule has 2 aromatic rings. The monoisotopic (exact) mass is 204 g/mol. The number of aromatic amines is 1. The van der Waals surface area contributed by atoms with Crippen LogP contribution in [0.1, 0.15) is 11.3 Å². The van der Waals surface area contributed by atoms with E-state index in [1.807, 2.05) is 0 Å². The van der Waals surface area contributed by atoms with Crippen LogP contribution in [0.25, 0.3) is 10.9 Å². The lowest BCUT2D eigenvalue weighted by Crippen LogP contribution is -2.08. The lowest BCUT2D eigenvalue weighted by atomic mass is 10.2. The number of rotatable bonds is 3. The van der Waals surface area contributed by atoms with Crippen molar-refractivity contribution in [2.24, 2.45) is 0 Å². The molecule has 0 aliphatic rings. The lowest BCUT2D eigenvalue weighted by molar-refractivity contribution is 0.913. The molecule has 0 fully saturated rings. The fourth-order valence-corrected chi connectivity index (χ4v) is 1.64. The van der Waals surface area contributed by atoms with Crippen molar-refractivity contribution in [1.82, 2.24) is 10.3 Å². The second-order valence-electron chi connectivity index (χ2n) is 3.38. The Morgan fingerprint density at radius 1 is 1.43 bits per heavy atom. The fourth-order valence-electron chi connectivity index (χ4n) is 1.56. The number of fused-ring (bicyclic) bond motifs is 1. The van der Waals surface area contributed by atoms with Gasteiger partial charge in [0.05, 0.1) is 12.0 Å². The largest absolute Gasteiger partial charge is 0.377 e. The summed E-state index contributed by atoms with van der Waals surface area (Å²) in [5.74, 6) is 0. The Balaban J connectivity index is 2.36. The summed E-state index contributed by atoms with van der Waals surface area (Å²) in [7, 11) is 0. The van der Waals surface area contributed by atoms with E-state index in [4.69, 9.17) is 12.2 Å². The maximum atomic E-state index is 4.70. The Hall–Kier alpha value is -1.35. The number of hydrogen-bond donors (Lipinski definition) is 2. The zero-order valence-corrected chi connectivity index (χ0v) is 8.82. The SMILES string of the molecule is Cc1ccc2[nH]c(CNC=S)cc2c1. The maximum absolute atomic E-state index is 4.70. The van der Waals surface area contributed by atoms with Gasteiger partial charge in [0.25, 0.3) is 0 Å². The van der Waals surface area contributed by atoms with Gasteiger partial charge in [0.1, 0.15) is 0 Å². The van der Waals surface area contributed by atoms with Gasteiger partial charge in [-0.15, -0.1) is 0 Å². The van der Waals surface area contributed by atoms with Crippen LogP contribution in [-0.2, 0) is 6.54 Å². The van der Waals surface area contributed by atoms with Crippen LogP contribution >= 0.6 is 12.2 Å². The van der Waals surface area contributed by atoms with E-state index >= 15 is 0 Å². The molecule has 0 saturated carbocycles. The molecule has 0 radical (unpaired) electrons. The first-order chi connectivity index (χ1) is 6.79. The first-order valence-electron chi connectivity index (χ1n) is 4.55. The average Bonchev–Trinajstić information content (AvgIpc) is 2.56. The predicted molar refractivity (Wildman–Crippen MR) is 63.5 cm³/mol. The van der Waals surface area contributed by atoms with E-state index in [-0.39, 0.29) is 0 Å². The van der Waals surface area contributed by atoms with Crippen molar-refractivity contribution in [2.75, 3.05) is 0 Å². The zero-order valence-electron chi connectivity index (χ0n) is 8.00. The van der Waals surface area contributed by atoms with Crippen LogP contribution in [0.2, 0.25) is 0 Å². The molecule has 2 rings (SSSR count). The zero-order chi connectivity index (χ0) is 9.97. The third-order valence-corrected chi connectivity index (χ3v) is 2.37. The van der Waals surface area contributed by atoms with E-state index in [1.165, 1.54) is 22.0 Å². The maximum Gasteiger partial charge on any atom is 0.0618 e. The summed E-state index contributed by atoms with van der Waals surface area (Å²) < 4.78 is 0. The summed E-state index contributed by atoms with van der Waals surface area (Å²) in [6.07, 6.45) is 0. The van der Waals surface area contributed by atoms with Gasteiger partial charge in [-0.05, 0) is 30.5 Å². The third kappa shape index (κ3) is 1.77. The third-order valence-electron chi connectivity index (χ3n) is 2.21. The molecule has 0 spiro atoms. The summed E-state index contributed by atoms with van der Waals surface area (Å²) in [6.45, 7) is 2.86. The molecule has 0 aliphatic carbocycles. The Kier molecular flexibility index (Phi) is 2.50. The number of H-pyrrole nitrogens is 1. The number of benzene rings is 1. The van der Waals surface area contributed by atoms with Gasteiger partial charge in [-0.3, -0.25) is 0 Å². The highest BCUT2D eigenvalue weighted by Crippen LogP contribution is 2.16. The van der Waals surface area contributed by atoms with Gasteiger partial charge in [0, 0.05) is 11.2 Å². The molecular weight excluding hydrogens is 192 g/mol. The van der Waals surface area contributed by atoms with Crippen LogP contribution in [0, 0.1) is 6.92 Å². The van der Waals surface area contributed by atoms with Crippen molar-refractivity contribution < 1.29 is 0 Å². The first kappa shape index (κ1) is 9.21. The van der Waals surface area contributed by atoms with E-state index in [9.17, 15) is 0 Å². The molecule has 1 aromatic carbocycles. The molecule has 0 amide bonds. The van der Waals surface area contributed by atoms with Crippen molar-refractivity contribution in [1.29, 1.82) is 0 Å². The molecule has 72 valence electrons. The highest BCUT2D eigenvalue weighted by Gasteiger charge is 1.99. The summed E-state index contributed by atoms with van der Waals surface area (Å²) >= 11 is 4.70. The predicted octanol–water partition coefficient (Wildman–Crippen LogP) is 2.52. The molecule has 2 N–H and O–H groups in total. The van der Waals surface area contributed by atoms with Crippen LogP contribution in [0.5, 0.6) is 0 Å². The second-order valence-corrected chi connectivity index (χ2v) is 3.62. The van der Waals surface area contributed by atoms with Crippen molar-refractivity contribution in [3.63, 3.8) is 0 Å². The minimum atomic E-state index is 0.761. The molecule has 0 saturated heterocycles. The molecule has 2 nitrogen and oxygen atoms in total. The second kappa shape index (κ2) is 3.80. The lowest BCUT2D eigenvalue weighted by Gasteiger charge is -1.93. The molecule has 0 unspecified atom stereocenters. The van der Waals surface area contributed by atoms with Crippen molar-refractivity contribution in [3.8, 4) is 0 Å². The van der Waals surface area contributed by atoms with Gasteiger partial charge in [0.2, 0.25) is 0 Å². The molecule has 0 aliphatic heterocycles. The Bertz CT molecular complexity index is 459. The molecule has 3 heteroatoms. The van der Waals surface area contributed by atoms with Gasteiger partial charge in [-0.1, -0.05) is 23.8 Å². The van der Waals surface area contributed by atoms with Gasteiger partial charge in [0.15, 0.2) is 0 Å². The minimum absolute atomic E-state index is 0.761. The molecule has 0 atom stereocenters. The molecular formula is C11H12N2S. The molecule has 0 bridgehead atoms. The first-order valence-corrected chi connectivity index (χ1v) is 5.02. The van der Waals surface area contributed by atoms with E-state index in [1.54, 1.807) is 0 Å². The molecule has 1 aromatic heterocycles. The van der Waals surface area contributed by atoms with Crippen LogP contribution in [0.4, 0.5) is 0 Å². The van der Waals surface area contributed by atoms with Crippen molar-refractivity contribution in [3.05, 3.63) is 35.5 Å². The van der Waals surface area contributed by atoms with Crippen LogP contribution in [0.15, 0.2) is 24.3 Å². The minimum Gasteiger partial charge on any atom is -0.377 e. The normalized spacial score (nSPS) is 10.4. The topological polar surface area (TPSA) is 27.8 Å². The van der Waals surface area contributed by atoms with Gasteiger partial charge < -0.3 is 10.3 Å². The standard InChI is InChI=1S/C11H12N2S/c1-8-2-3-11-9(4-8)5-10(13-11)6-12-7-14/h2-5,7,13H,6H2,1H3,(H,12,14). The summed E-state index contributed by atoms with van der Waals surface area (Å²) in [5, 5.41) is 4.25. The Morgan fingerprint density at radius 2 is 2.29 bits per heavy atom. The Morgan fingerprint density at radius 3 is 3.07 bits per heavy atom. The van der Waals surface area contributed by atoms with Crippen molar-refractivity contribution in [2.45, 2.75) is 13.5 Å². The van der Waals surface area contributed by atoms with Crippen molar-refractivity contribution >= 4 is 28.6 Å². The quantitative estimate of drug-likeness (QED) is 0.752. The summed E-state index contributed by atoms with van der Waals surface area (Å²) in [6, 6.07) is 8.53. The van der Waals surface area contributed by atoms with Gasteiger partial charge in [-0.25, -0.2) is 0 Å². The number of aryl methyl sites for hydroxylation is 1. The molecule has 14 heavy (non-hydrogen) atoms. The summed E-state index contributed by atoms with van der Waals surface area (Å²) in [5.41, 5.74) is 5.16. The summed E-state index contributed by atoms with van der Waals surface area (Å²) in [4.78, 5) is 3.33. The molecule has 1 heterocycles. The smallest absolute Gasteiger partial charge is 0.0618 e. The van der Waals surface area contributed by atoms with E-state index < -0.39 is 0 Å². The highest BCUT2D eigenvalue weighted by atomic mass is 32.1. The highest BCUT2D eigenvalue weighted by molar-refractivity contribution is 7.78. The number of aromatic nitrogens is 1. The number of nitrogens with one attached hydrogen (secondary N) is 2. The van der Waals surface area contributed by atoms with E-state index in [0.29, 0.717) is 0 Å². The average molecular weight is 204 g/mol.